The van der Waals surface area contributed by atoms with Crippen molar-refractivity contribution in [3.63, 3.8) is 0 Å². The third-order valence-corrected chi connectivity index (χ3v) is 5.42. The molecule has 0 bridgehead atoms. The lowest BCUT2D eigenvalue weighted by Gasteiger charge is -2.10. The van der Waals surface area contributed by atoms with Crippen LogP contribution < -0.4 is 4.74 Å². The third kappa shape index (κ3) is 6.49. The van der Waals surface area contributed by atoms with E-state index >= 15 is 0 Å². The molecular weight excluding hydrogens is 466 g/mol. The maximum absolute atomic E-state index is 11.9. The van der Waals surface area contributed by atoms with E-state index in [0.717, 1.165) is 11.1 Å². The number of halogens is 1. The fourth-order valence-corrected chi connectivity index (χ4v) is 3.68. The van der Waals surface area contributed by atoms with Crippen LogP contribution in [0.1, 0.15) is 34.0 Å². The largest absolute Gasteiger partial charge is 0.478 e. The summed E-state index contributed by atoms with van der Waals surface area (Å²) in [4.78, 5) is 21.5. The van der Waals surface area contributed by atoms with E-state index in [4.69, 9.17) is 21.2 Å². The van der Waals surface area contributed by atoms with Crippen molar-refractivity contribution in [3.8, 4) is 11.6 Å². The summed E-state index contributed by atoms with van der Waals surface area (Å²) in [6, 6.07) is 20.3. The molecule has 0 unspecified atom stereocenters. The minimum Gasteiger partial charge on any atom is -0.478 e. The highest BCUT2D eigenvalue weighted by atomic mass is 35.5. The Bertz CT molecular complexity index is 1320. The number of carboxylic acids is 1. The Morgan fingerprint density at radius 2 is 1.91 bits per heavy atom. The van der Waals surface area contributed by atoms with Gasteiger partial charge in [-0.1, -0.05) is 47.1 Å². The van der Waals surface area contributed by atoms with Gasteiger partial charge < -0.3 is 19.2 Å². The molecule has 0 radical (unpaired) electrons. The molecule has 0 aliphatic heterocycles. The van der Waals surface area contributed by atoms with Crippen molar-refractivity contribution in [2.75, 3.05) is 6.61 Å². The minimum absolute atomic E-state index is 0.239. The molecule has 1 N–H and O–H groups in total. The van der Waals surface area contributed by atoms with Crippen LogP contribution >= 0.6 is 11.6 Å². The molecule has 0 fully saturated rings. The highest BCUT2D eigenvalue weighted by Crippen LogP contribution is 2.22. The van der Waals surface area contributed by atoms with Crippen molar-refractivity contribution >= 4 is 23.3 Å². The number of aromatic carboxylic acids is 1. The Morgan fingerprint density at radius 1 is 1.09 bits per heavy atom. The van der Waals surface area contributed by atoms with Crippen molar-refractivity contribution in [2.24, 2.45) is 5.16 Å². The summed E-state index contributed by atoms with van der Waals surface area (Å²) < 4.78 is 7.66. The van der Waals surface area contributed by atoms with Gasteiger partial charge in [-0.2, -0.15) is 0 Å². The van der Waals surface area contributed by atoms with Gasteiger partial charge in [0.05, 0.1) is 12.1 Å². The molecule has 2 aromatic carbocycles. The number of pyridine rings is 1. The lowest BCUT2D eigenvalue weighted by Crippen LogP contribution is -2.11. The molecule has 8 heteroatoms. The van der Waals surface area contributed by atoms with E-state index in [1.807, 2.05) is 61.7 Å². The molecule has 0 saturated carbocycles. The molecule has 0 amide bonds. The first-order valence-electron chi connectivity index (χ1n) is 11.1. The Hall–Kier alpha value is -4.10. The molecule has 0 aliphatic rings. The second-order valence-corrected chi connectivity index (χ2v) is 8.17. The first-order chi connectivity index (χ1) is 17.0. The average molecular weight is 490 g/mol. The molecule has 0 spiro atoms. The van der Waals surface area contributed by atoms with Crippen LogP contribution in [0.4, 0.5) is 0 Å². The molecule has 2 heterocycles. The Kier molecular flexibility index (Phi) is 7.80. The average Bonchev–Trinajstić information content (AvgIpc) is 3.26. The highest BCUT2D eigenvalue weighted by Gasteiger charge is 2.16. The molecule has 0 atom stereocenters. The van der Waals surface area contributed by atoms with Gasteiger partial charge in [0.2, 0.25) is 5.88 Å². The maximum atomic E-state index is 11.9. The monoisotopic (exact) mass is 489 g/mol. The van der Waals surface area contributed by atoms with E-state index in [0.29, 0.717) is 47.5 Å². The number of oxime groups is 1. The van der Waals surface area contributed by atoms with Crippen LogP contribution in [-0.4, -0.2) is 32.9 Å². The standard InChI is InChI=1S/C27H24ClN3O4/c1-2-34-30-25(20-6-5-7-23(15-20)35-26-8-3-4-13-29-26)18-31-16-21(24(17-31)27(32)33)14-19-9-11-22(28)12-10-19/h3-13,15-17H,2,14,18H2,1H3,(H,32,33)/b30-25+. The third-order valence-electron chi connectivity index (χ3n) is 5.16. The topological polar surface area (TPSA) is 85.9 Å². The zero-order valence-corrected chi connectivity index (χ0v) is 19.9. The van der Waals surface area contributed by atoms with E-state index in [-0.39, 0.29) is 5.56 Å². The van der Waals surface area contributed by atoms with Gasteiger partial charge in [0.25, 0.3) is 0 Å². The van der Waals surface area contributed by atoms with Gasteiger partial charge in [0.1, 0.15) is 18.1 Å². The molecule has 0 saturated heterocycles. The van der Waals surface area contributed by atoms with E-state index in [1.165, 1.54) is 0 Å². The smallest absolute Gasteiger partial charge is 0.337 e. The summed E-state index contributed by atoms with van der Waals surface area (Å²) >= 11 is 5.98. The molecule has 4 aromatic rings. The number of ether oxygens (including phenoxy) is 1. The number of hydrogen-bond donors (Lipinski definition) is 1. The van der Waals surface area contributed by atoms with E-state index in [1.54, 1.807) is 35.2 Å². The van der Waals surface area contributed by atoms with Crippen LogP contribution in [0.5, 0.6) is 11.6 Å². The molecule has 0 aliphatic carbocycles. The quantitative estimate of drug-likeness (QED) is 0.216. The second-order valence-electron chi connectivity index (χ2n) is 7.73. The summed E-state index contributed by atoms with van der Waals surface area (Å²) in [6.07, 6.45) is 5.57. The molecular formula is C27H24ClN3O4. The molecule has 7 nitrogen and oxygen atoms in total. The van der Waals surface area contributed by atoms with Gasteiger partial charge in [-0.15, -0.1) is 0 Å². The van der Waals surface area contributed by atoms with E-state index in [9.17, 15) is 9.90 Å². The van der Waals surface area contributed by atoms with Crippen LogP contribution in [0.3, 0.4) is 0 Å². The van der Waals surface area contributed by atoms with Gasteiger partial charge >= 0.3 is 5.97 Å². The lowest BCUT2D eigenvalue weighted by atomic mass is 10.0. The SMILES string of the molecule is CCO/N=C(\Cn1cc(Cc2ccc(Cl)cc2)c(C(=O)O)c1)c1cccc(Oc2ccccn2)c1. The number of carboxylic acid groups (broad SMARTS) is 1. The first-order valence-corrected chi connectivity index (χ1v) is 11.4. The van der Waals surface area contributed by atoms with Crippen molar-refractivity contribution < 1.29 is 19.5 Å². The van der Waals surface area contributed by atoms with E-state index < -0.39 is 5.97 Å². The van der Waals surface area contributed by atoms with Crippen LogP contribution in [0.15, 0.2) is 90.5 Å². The zero-order chi connectivity index (χ0) is 24.6. The second kappa shape index (κ2) is 11.4. The maximum Gasteiger partial charge on any atom is 0.337 e. The Balaban J connectivity index is 1.60. The number of carbonyl (C=O) groups is 1. The van der Waals surface area contributed by atoms with Crippen LogP contribution in [0.2, 0.25) is 5.02 Å². The highest BCUT2D eigenvalue weighted by molar-refractivity contribution is 6.30. The molecule has 35 heavy (non-hydrogen) atoms. The number of rotatable bonds is 10. The van der Waals surface area contributed by atoms with Crippen LogP contribution in [0, 0.1) is 0 Å². The molecule has 2 aromatic heterocycles. The number of benzene rings is 2. The number of nitrogens with zero attached hydrogens (tertiary/aromatic N) is 3. The summed E-state index contributed by atoms with van der Waals surface area (Å²) in [5.41, 5.74) is 3.32. The van der Waals surface area contributed by atoms with Gasteiger partial charge in [-0.25, -0.2) is 9.78 Å². The van der Waals surface area contributed by atoms with E-state index in [2.05, 4.69) is 10.1 Å². The fourth-order valence-electron chi connectivity index (χ4n) is 3.56. The van der Waals surface area contributed by atoms with Gasteiger partial charge in [0.15, 0.2) is 0 Å². The normalized spacial score (nSPS) is 11.3. The minimum atomic E-state index is -0.984. The van der Waals surface area contributed by atoms with Crippen molar-refractivity contribution in [2.45, 2.75) is 19.9 Å². The number of hydrogen-bond acceptors (Lipinski definition) is 5. The Morgan fingerprint density at radius 3 is 2.63 bits per heavy atom. The van der Waals surface area contributed by atoms with Gasteiger partial charge in [-0.05, 0) is 54.8 Å². The lowest BCUT2D eigenvalue weighted by molar-refractivity contribution is 0.0696. The zero-order valence-electron chi connectivity index (χ0n) is 19.1. The summed E-state index contributed by atoms with van der Waals surface area (Å²) in [5.74, 6) is 0.102. The first kappa shape index (κ1) is 24.0. The van der Waals surface area contributed by atoms with Gasteiger partial charge in [0, 0.05) is 35.2 Å². The predicted molar refractivity (Wildman–Crippen MR) is 135 cm³/mol. The predicted octanol–water partition coefficient (Wildman–Crippen LogP) is 6.06. The molecule has 178 valence electrons. The molecule has 4 rings (SSSR count). The summed E-state index contributed by atoms with van der Waals surface area (Å²) in [5, 5.41) is 14.7. The van der Waals surface area contributed by atoms with Crippen molar-refractivity contribution in [1.82, 2.24) is 9.55 Å². The Labute approximate surface area is 208 Å². The summed E-state index contributed by atoms with van der Waals surface area (Å²) in [6.45, 7) is 2.57. The van der Waals surface area contributed by atoms with Gasteiger partial charge in [-0.3, -0.25) is 0 Å². The fraction of sp³-hybridized carbons (Fsp3) is 0.148. The van der Waals surface area contributed by atoms with Crippen LogP contribution in [-0.2, 0) is 17.8 Å². The number of aromatic nitrogens is 2. The summed E-state index contributed by atoms with van der Waals surface area (Å²) in [7, 11) is 0. The van der Waals surface area contributed by atoms with Crippen LogP contribution in [0.25, 0.3) is 0 Å². The van der Waals surface area contributed by atoms with Crippen molar-refractivity contribution in [3.05, 3.63) is 113 Å². The van der Waals surface area contributed by atoms with Crippen molar-refractivity contribution in [1.29, 1.82) is 0 Å².